The molecule has 2 nitrogen and oxygen atoms in total. The molecule has 1 aliphatic rings. The molecular formula is C10H10ClNO. The Labute approximate surface area is 82.2 Å². The summed E-state index contributed by atoms with van der Waals surface area (Å²) in [5, 5.41) is 0. The summed E-state index contributed by atoms with van der Waals surface area (Å²) >= 11 is 5.86. The maximum absolute atomic E-state index is 11.7. The molecule has 0 N–H and O–H groups in total. The van der Waals surface area contributed by atoms with E-state index >= 15 is 0 Å². The number of rotatable bonds is 0. The van der Waals surface area contributed by atoms with E-state index in [-0.39, 0.29) is 5.91 Å². The molecule has 0 bridgehead atoms. The van der Waals surface area contributed by atoms with Gasteiger partial charge in [0.15, 0.2) is 0 Å². The summed E-state index contributed by atoms with van der Waals surface area (Å²) in [5.74, 6) is -0.0598. The summed E-state index contributed by atoms with van der Waals surface area (Å²) < 4.78 is 1.20. The predicted molar refractivity (Wildman–Crippen MR) is 52.8 cm³/mol. The lowest BCUT2D eigenvalue weighted by Gasteiger charge is -2.14. The Morgan fingerprint density at radius 2 is 1.92 bits per heavy atom. The molecule has 1 amide bonds. The Kier molecular flexibility index (Phi) is 1.64. The van der Waals surface area contributed by atoms with Crippen molar-refractivity contribution in [2.24, 2.45) is 0 Å². The number of hydrogen-bond acceptors (Lipinski definition) is 1. The van der Waals surface area contributed by atoms with Crippen LogP contribution in [-0.4, -0.2) is 5.91 Å². The van der Waals surface area contributed by atoms with Gasteiger partial charge in [0.25, 0.3) is 5.91 Å². The van der Waals surface area contributed by atoms with E-state index in [9.17, 15) is 4.79 Å². The Morgan fingerprint density at radius 3 is 2.54 bits per heavy atom. The first kappa shape index (κ1) is 8.57. The summed E-state index contributed by atoms with van der Waals surface area (Å²) in [6, 6.07) is 7.59. The van der Waals surface area contributed by atoms with Crippen molar-refractivity contribution in [1.29, 1.82) is 0 Å². The largest absolute Gasteiger partial charge is 0.272 e. The summed E-state index contributed by atoms with van der Waals surface area (Å²) in [6.07, 6.45) is 0. The Morgan fingerprint density at radius 1 is 1.31 bits per heavy atom. The molecule has 2 rings (SSSR count). The van der Waals surface area contributed by atoms with Gasteiger partial charge in [-0.05, 0) is 25.5 Å². The molecule has 0 atom stereocenters. The first-order chi connectivity index (χ1) is 6.05. The van der Waals surface area contributed by atoms with E-state index in [1.54, 1.807) is 0 Å². The van der Waals surface area contributed by atoms with Crippen molar-refractivity contribution < 1.29 is 4.79 Å². The first-order valence-electron chi connectivity index (χ1n) is 4.15. The maximum Gasteiger partial charge on any atom is 0.251 e. The second-order valence-corrected chi connectivity index (χ2v) is 4.07. The van der Waals surface area contributed by atoms with Gasteiger partial charge < -0.3 is 0 Å². The second-order valence-electron chi connectivity index (χ2n) is 3.73. The van der Waals surface area contributed by atoms with Crippen LogP contribution in [0.15, 0.2) is 24.3 Å². The van der Waals surface area contributed by atoms with E-state index in [0.29, 0.717) is 0 Å². The summed E-state index contributed by atoms with van der Waals surface area (Å²) in [5.41, 5.74) is 1.31. The van der Waals surface area contributed by atoms with Crippen LogP contribution in [-0.2, 0) is 10.2 Å². The number of halogens is 1. The number of para-hydroxylation sites is 1. The molecule has 0 spiro atoms. The number of benzene rings is 1. The minimum Gasteiger partial charge on any atom is -0.272 e. The third kappa shape index (κ3) is 0.985. The van der Waals surface area contributed by atoms with Gasteiger partial charge in [0, 0.05) is 11.8 Å². The van der Waals surface area contributed by atoms with E-state index in [4.69, 9.17) is 11.8 Å². The number of anilines is 1. The zero-order valence-electron chi connectivity index (χ0n) is 7.54. The molecule has 3 heteroatoms. The number of hydrogen-bond donors (Lipinski definition) is 0. The molecule has 1 aliphatic heterocycles. The minimum atomic E-state index is -0.488. The molecule has 0 saturated heterocycles. The van der Waals surface area contributed by atoms with Crippen LogP contribution in [0.4, 0.5) is 5.69 Å². The van der Waals surface area contributed by atoms with Crippen molar-refractivity contribution in [3.8, 4) is 0 Å². The molecule has 0 unspecified atom stereocenters. The lowest BCUT2D eigenvalue weighted by atomic mass is 9.86. The Balaban J connectivity index is 2.68. The lowest BCUT2D eigenvalue weighted by Crippen LogP contribution is -2.30. The van der Waals surface area contributed by atoms with Crippen molar-refractivity contribution in [3.05, 3.63) is 29.8 Å². The minimum absolute atomic E-state index is 0.0598. The van der Waals surface area contributed by atoms with Crippen LogP contribution in [0.1, 0.15) is 19.4 Å². The van der Waals surface area contributed by atoms with Crippen LogP contribution < -0.4 is 4.42 Å². The molecule has 0 radical (unpaired) electrons. The number of carbonyl (C=O) groups excluding carboxylic acids is 1. The van der Waals surface area contributed by atoms with Gasteiger partial charge in [-0.2, -0.15) is 0 Å². The summed E-state index contributed by atoms with van der Waals surface area (Å²) in [7, 11) is 0. The highest BCUT2D eigenvalue weighted by atomic mass is 35.5. The molecule has 0 aromatic heterocycles. The number of fused-ring (bicyclic) bond motifs is 1. The quantitative estimate of drug-likeness (QED) is 0.583. The number of nitrogens with zero attached hydrogens (tertiary/aromatic N) is 1. The van der Waals surface area contributed by atoms with Gasteiger partial charge in [0.05, 0.1) is 11.1 Å². The molecule has 0 saturated carbocycles. The van der Waals surface area contributed by atoms with Gasteiger partial charge in [-0.25, -0.2) is 4.42 Å². The highest BCUT2D eigenvalue weighted by Gasteiger charge is 2.43. The van der Waals surface area contributed by atoms with Gasteiger partial charge in [-0.1, -0.05) is 18.2 Å². The van der Waals surface area contributed by atoms with E-state index in [2.05, 4.69) is 0 Å². The van der Waals surface area contributed by atoms with E-state index in [1.807, 2.05) is 38.1 Å². The zero-order valence-corrected chi connectivity index (χ0v) is 8.30. The van der Waals surface area contributed by atoms with Crippen molar-refractivity contribution in [2.45, 2.75) is 19.3 Å². The Bertz CT molecular complexity index is 373. The first-order valence-corrected chi connectivity index (χ1v) is 4.49. The van der Waals surface area contributed by atoms with Gasteiger partial charge in [-0.3, -0.25) is 4.79 Å². The van der Waals surface area contributed by atoms with E-state index < -0.39 is 5.41 Å². The average molecular weight is 196 g/mol. The predicted octanol–water partition coefficient (Wildman–Crippen LogP) is 2.46. The number of carbonyl (C=O) groups is 1. The molecule has 1 heterocycles. The third-order valence-corrected chi connectivity index (χ3v) is 2.84. The van der Waals surface area contributed by atoms with Gasteiger partial charge in [0.2, 0.25) is 0 Å². The van der Waals surface area contributed by atoms with Crippen molar-refractivity contribution in [2.75, 3.05) is 4.42 Å². The smallest absolute Gasteiger partial charge is 0.251 e. The van der Waals surface area contributed by atoms with Gasteiger partial charge in [-0.15, -0.1) is 0 Å². The van der Waals surface area contributed by atoms with Gasteiger partial charge in [0.1, 0.15) is 0 Å². The highest BCUT2D eigenvalue weighted by Crippen LogP contribution is 2.41. The van der Waals surface area contributed by atoms with Crippen LogP contribution in [0.3, 0.4) is 0 Å². The molecule has 68 valence electrons. The molecule has 0 fully saturated rings. The fraction of sp³-hybridized carbons (Fsp3) is 0.300. The SMILES string of the molecule is CC1(C)C(=O)N(Cl)c2ccccc21. The van der Waals surface area contributed by atoms with Crippen molar-refractivity contribution in [3.63, 3.8) is 0 Å². The topological polar surface area (TPSA) is 20.3 Å². The summed E-state index contributed by atoms with van der Waals surface area (Å²) in [6.45, 7) is 3.77. The summed E-state index contributed by atoms with van der Waals surface area (Å²) in [4.78, 5) is 11.7. The molecule has 1 aromatic rings. The normalized spacial score (nSPS) is 19.0. The molecule has 0 aliphatic carbocycles. The monoisotopic (exact) mass is 195 g/mol. The standard InChI is InChI=1S/C10H10ClNO/c1-10(2)7-5-3-4-6-8(7)12(11)9(10)13/h3-6H,1-2H3. The molecule has 13 heavy (non-hydrogen) atoms. The maximum atomic E-state index is 11.7. The average Bonchev–Trinajstić information content (AvgIpc) is 2.30. The fourth-order valence-electron chi connectivity index (χ4n) is 1.64. The van der Waals surface area contributed by atoms with Crippen LogP contribution in [0.25, 0.3) is 0 Å². The number of amides is 1. The van der Waals surface area contributed by atoms with Crippen molar-refractivity contribution >= 4 is 23.4 Å². The lowest BCUT2D eigenvalue weighted by molar-refractivity contribution is -0.121. The van der Waals surface area contributed by atoms with E-state index in [0.717, 1.165) is 11.3 Å². The highest BCUT2D eigenvalue weighted by molar-refractivity contribution is 6.40. The van der Waals surface area contributed by atoms with Crippen LogP contribution in [0.2, 0.25) is 0 Å². The Hall–Kier alpha value is -1.02. The fourth-order valence-corrected chi connectivity index (χ4v) is 2.00. The molecular weight excluding hydrogens is 186 g/mol. The molecule has 1 aromatic carbocycles. The van der Waals surface area contributed by atoms with E-state index in [1.165, 1.54) is 4.42 Å². The van der Waals surface area contributed by atoms with Crippen LogP contribution >= 0.6 is 11.8 Å². The van der Waals surface area contributed by atoms with Crippen LogP contribution in [0.5, 0.6) is 0 Å². The van der Waals surface area contributed by atoms with Crippen LogP contribution in [0, 0.1) is 0 Å². The van der Waals surface area contributed by atoms with Gasteiger partial charge >= 0.3 is 0 Å². The zero-order chi connectivity index (χ0) is 9.64. The van der Waals surface area contributed by atoms with Crippen molar-refractivity contribution in [1.82, 2.24) is 0 Å². The second kappa shape index (κ2) is 2.48. The third-order valence-electron chi connectivity index (χ3n) is 2.50.